The minimum Gasteiger partial charge on any atom is -0.388 e. The van der Waals surface area contributed by atoms with Crippen LogP contribution in [0.25, 0.3) is 0 Å². The van der Waals surface area contributed by atoms with Crippen LogP contribution in [0.3, 0.4) is 0 Å². The molecule has 0 radical (unpaired) electrons. The van der Waals surface area contributed by atoms with E-state index in [1.54, 1.807) is 0 Å². The molecule has 2 amide bonds. The third-order valence-electron chi connectivity index (χ3n) is 4.47. The lowest BCUT2D eigenvalue weighted by molar-refractivity contribution is 0.0295. The first-order valence-electron chi connectivity index (χ1n) is 7.95. The van der Waals surface area contributed by atoms with Crippen molar-refractivity contribution in [1.82, 2.24) is 5.32 Å². The molecule has 3 rings (SSSR count). The fraction of sp³-hybridized carbons (Fsp3) is 0.316. The van der Waals surface area contributed by atoms with Crippen molar-refractivity contribution in [3.05, 3.63) is 65.2 Å². The molecule has 2 aromatic carbocycles. The number of aliphatic hydroxyl groups is 1. The molecule has 0 heterocycles. The van der Waals surface area contributed by atoms with Crippen LogP contribution in [0.2, 0.25) is 0 Å². The van der Waals surface area contributed by atoms with Gasteiger partial charge in [-0.1, -0.05) is 42.5 Å². The maximum Gasteiger partial charge on any atom is 0.319 e. The van der Waals surface area contributed by atoms with Gasteiger partial charge in [0, 0.05) is 18.7 Å². The van der Waals surface area contributed by atoms with Gasteiger partial charge in [0.05, 0.1) is 5.60 Å². The molecule has 2 aromatic rings. The highest BCUT2D eigenvalue weighted by Crippen LogP contribution is 2.28. The molecule has 0 saturated heterocycles. The van der Waals surface area contributed by atoms with Crippen LogP contribution in [0.5, 0.6) is 0 Å². The minimum atomic E-state index is -0.878. The van der Waals surface area contributed by atoms with Crippen LogP contribution in [0, 0.1) is 6.92 Å². The SMILES string of the molecule is Cc1ccccc1NC(=O)NC[C@@]1(O)CCc2ccccc2C1. The van der Waals surface area contributed by atoms with Crippen molar-refractivity contribution in [3.63, 3.8) is 0 Å². The standard InChI is InChI=1S/C19H22N2O2/c1-14-6-2-5-9-17(14)21-18(22)20-13-19(23)11-10-15-7-3-4-8-16(15)12-19/h2-9,23H,10-13H2,1H3,(H2,20,21,22)/t19-/m1/s1. The maximum absolute atomic E-state index is 12.1. The van der Waals surface area contributed by atoms with Crippen molar-refractivity contribution in [1.29, 1.82) is 0 Å². The summed E-state index contributed by atoms with van der Waals surface area (Å²) in [6.45, 7) is 2.19. The summed E-state index contributed by atoms with van der Waals surface area (Å²) in [6, 6.07) is 15.5. The van der Waals surface area contributed by atoms with Gasteiger partial charge in [0.2, 0.25) is 0 Å². The molecule has 0 aliphatic heterocycles. The predicted octanol–water partition coefficient (Wildman–Crippen LogP) is 3.04. The normalized spacial score (nSPS) is 19.7. The Balaban J connectivity index is 1.58. The van der Waals surface area contributed by atoms with Crippen molar-refractivity contribution in [2.45, 2.75) is 31.8 Å². The number of urea groups is 1. The van der Waals surface area contributed by atoms with Gasteiger partial charge in [0.1, 0.15) is 0 Å². The van der Waals surface area contributed by atoms with Gasteiger partial charge in [0.15, 0.2) is 0 Å². The van der Waals surface area contributed by atoms with Crippen molar-refractivity contribution < 1.29 is 9.90 Å². The van der Waals surface area contributed by atoms with Gasteiger partial charge >= 0.3 is 6.03 Å². The molecule has 0 saturated carbocycles. The van der Waals surface area contributed by atoms with Crippen LogP contribution in [0.15, 0.2) is 48.5 Å². The Labute approximate surface area is 136 Å². The number of hydrogen-bond acceptors (Lipinski definition) is 2. The van der Waals surface area contributed by atoms with Gasteiger partial charge in [-0.05, 0) is 42.5 Å². The average molecular weight is 310 g/mol. The highest BCUT2D eigenvalue weighted by Gasteiger charge is 2.32. The van der Waals surface area contributed by atoms with E-state index in [0.29, 0.717) is 12.8 Å². The third-order valence-corrected chi connectivity index (χ3v) is 4.47. The zero-order valence-electron chi connectivity index (χ0n) is 13.3. The number of fused-ring (bicyclic) bond motifs is 1. The number of para-hydroxylation sites is 1. The summed E-state index contributed by atoms with van der Waals surface area (Å²) in [5.74, 6) is 0. The summed E-state index contributed by atoms with van der Waals surface area (Å²) in [5.41, 5.74) is 3.38. The van der Waals surface area contributed by atoms with Crippen LogP contribution in [0.1, 0.15) is 23.1 Å². The third kappa shape index (κ3) is 3.71. The summed E-state index contributed by atoms with van der Waals surface area (Å²) in [7, 11) is 0. The van der Waals surface area contributed by atoms with Crippen LogP contribution in [-0.2, 0) is 12.8 Å². The van der Waals surface area contributed by atoms with Gasteiger partial charge in [-0.2, -0.15) is 0 Å². The van der Waals surface area contributed by atoms with Gasteiger partial charge in [-0.3, -0.25) is 0 Å². The second-order valence-corrected chi connectivity index (χ2v) is 6.29. The molecule has 0 aromatic heterocycles. The number of hydrogen-bond donors (Lipinski definition) is 3. The number of carbonyl (C=O) groups is 1. The number of aryl methyl sites for hydroxylation is 2. The van der Waals surface area contributed by atoms with Crippen LogP contribution in [0.4, 0.5) is 10.5 Å². The molecular formula is C19H22N2O2. The lowest BCUT2D eigenvalue weighted by Crippen LogP contribution is -2.47. The summed E-state index contributed by atoms with van der Waals surface area (Å²) in [6.07, 6.45) is 2.08. The number of carbonyl (C=O) groups excluding carboxylic acids is 1. The van der Waals surface area contributed by atoms with E-state index in [4.69, 9.17) is 0 Å². The summed E-state index contributed by atoms with van der Waals surface area (Å²) >= 11 is 0. The zero-order chi connectivity index (χ0) is 16.3. The van der Waals surface area contributed by atoms with Gasteiger partial charge in [-0.25, -0.2) is 4.79 Å². The molecular weight excluding hydrogens is 288 g/mol. The monoisotopic (exact) mass is 310 g/mol. The highest BCUT2D eigenvalue weighted by molar-refractivity contribution is 5.90. The van der Waals surface area contributed by atoms with Crippen molar-refractivity contribution in [2.75, 3.05) is 11.9 Å². The first-order valence-corrected chi connectivity index (χ1v) is 7.95. The number of nitrogens with one attached hydrogen (secondary N) is 2. The molecule has 1 aliphatic carbocycles. The second-order valence-electron chi connectivity index (χ2n) is 6.29. The van der Waals surface area contributed by atoms with Crippen molar-refractivity contribution in [2.24, 2.45) is 0 Å². The summed E-state index contributed by atoms with van der Waals surface area (Å²) < 4.78 is 0. The average Bonchev–Trinajstić information content (AvgIpc) is 2.55. The second kappa shape index (κ2) is 6.42. The maximum atomic E-state index is 12.1. The van der Waals surface area contributed by atoms with E-state index >= 15 is 0 Å². The van der Waals surface area contributed by atoms with E-state index in [-0.39, 0.29) is 12.6 Å². The van der Waals surface area contributed by atoms with Crippen LogP contribution < -0.4 is 10.6 Å². The van der Waals surface area contributed by atoms with Crippen LogP contribution >= 0.6 is 0 Å². The highest BCUT2D eigenvalue weighted by atomic mass is 16.3. The number of benzene rings is 2. The Morgan fingerprint density at radius 1 is 1.13 bits per heavy atom. The largest absolute Gasteiger partial charge is 0.388 e. The summed E-state index contributed by atoms with van der Waals surface area (Å²) in [4.78, 5) is 12.1. The van der Waals surface area contributed by atoms with Crippen molar-refractivity contribution >= 4 is 11.7 Å². The number of anilines is 1. The molecule has 4 nitrogen and oxygen atoms in total. The molecule has 3 N–H and O–H groups in total. The number of amides is 2. The van der Waals surface area contributed by atoms with E-state index < -0.39 is 5.60 Å². The predicted molar refractivity (Wildman–Crippen MR) is 91.6 cm³/mol. The lowest BCUT2D eigenvalue weighted by Gasteiger charge is -2.33. The zero-order valence-corrected chi connectivity index (χ0v) is 13.3. The Morgan fingerprint density at radius 2 is 1.83 bits per heavy atom. The lowest BCUT2D eigenvalue weighted by atomic mass is 9.80. The van der Waals surface area contributed by atoms with E-state index in [2.05, 4.69) is 16.7 Å². The van der Waals surface area contributed by atoms with Gasteiger partial charge in [-0.15, -0.1) is 0 Å². The first kappa shape index (κ1) is 15.6. The molecule has 0 spiro atoms. The molecule has 0 unspecified atom stereocenters. The fourth-order valence-electron chi connectivity index (χ4n) is 3.06. The smallest absolute Gasteiger partial charge is 0.319 e. The molecule has 120 valence electrons. The van der Waals surface area contributed by atoms with Crippen molar-refractivity contribution in [3.8, 4) is 0 Å². The number of rotatable bonds is 3. The molecule has 1 aliphatic rings. The molecule has 1 atom stereocenters. The Hall–Kier alpha value is -2.33. The molecule has 23 heavy (non-hydrogen) atoms. The Bertz CT molecular complexity index is 714. The Kier molecular flexibility index (Phi) is 4.35. The van der Waals surface area contributed by atoms with Gasteiger partial charge < -0.3 is 15.7 Å². The minimum absolute atomic E-state index is 0.249. The molecule has 0 bridgehead atoms. The topological polar surface area (TPSA) is 61.4 Å². The molecule has 0 fully saturated rings. The molecule has 4 heteroatoms. The first-order chi connectivity index (χ1) is 11.1. The fourth-order valence-corrected chi connectivity index (χ4v) is 3.06. The quantitative estimate of drug-likeness (QED) is 0.816. The van der Waals surface area contributed by atoms with E-state index in [1.807, 2.05) is 49.4 Å². The Morgan fingerprint density at radius 3 is 2.61 bits per heavy atom. The summed E-state index contributed by atoms with van der Waals surface area (Å²) in [5, 5.41) is 16.4. The van der Waals surface area contributed by atoms with Crippen LogP contribution in [-0.4, -0.2) is 23.3 Å². The van der Waals surface area contributed by atoms with E-state index in [9.17, 15) is 9.90 Å². The van der Waals surface area contributed by atoms with Gasteiger partial charge in [0.25, 0.3) is 0 Å². The van der Waals surface area contributed by atoms with E-state index in [0.717, 1.165) is 17.7 Å². The van der Waals surface area contributed by atoms with E-state index in [1.165, 1.54) is 11.1 Å².